The second-order valence-electron chi connectivity index (χ2n) is 6.92. The summed E-state index contributed by atoms with van der Waals surface area (Å²) < 4.78 is 51.0. The summed E-state index contributed by atoms with van der Waals surface area (Å²) in [6.07, 6.45) is 0.776. The second kappa shape index (κ2) is 9.90. The molecule has 0 atom stereocenters. The number of benzene rings is 2. The van der Waals surface area contributed by atoms with E-state index in [1.807, 2.05) is 0 Å². The molecule has 9 heteroatoms. The smallest absolute Gasteiger partial charge is 0.245 e. The van der Waals surface area contributed by atoms with Crippen molar-refractivity contribution in [1.29, 1.82) is 0 Å². The fourth-order valence-corrected chi connectivity index (χ4v) is 4.85. The third kappa shape index (κ3) is 5.28. The average Bonchev–Trinajstić information content (AvgIpc) is 2.77. The highest BCUT2D eigenvalue weighted by Crippen LogP contribution is 2.25. The van der Waals surface area contributed by atoms with Crippen molar-refractivity contribution >= 4 is 15.9 Å². The Labute approximate surface area is 175 Å². The van der Waals surface area contributed by atoms with Crippen molar-refractivity contribution in [1.82, 2.24) is 9.62 Å². The molecule has 30 heavy (non-hydrogen) atoms. The first kappa shape index (κ1) is 22.0. The Kier molecular flexibility index (Phi) is 7.28. The molecular weight excluding hydrogens is 411 g/mol. The number of rotatable bonds is 8. The van der Waals surface area contributed by atoms with E-state index in [0.29, 0.717) is 31.7 Å². The first-order chi connectivity index (χ1) is 14.4. The van der Waals surface area contributed by atoms with Crippen LogP contribution in [0.4, 0.5) is 4.39 Å². The van der Waals surface area contributed by atoms with E-state index in [4.69, 9.17) is 9.47 Å². The summed E-state index contributed by atoms with van der Waals surface area (Å²) in [7, 11) is -2.31. The quantitative estimate of drug-likeness (QED) is 0.643. The number of ether oxygens (including phenoxy) is 2. The number of hydrogen-bond donors (Lipinski definition) is 1. The summed E-state index contributed by atoms with van der Waals surface area (Å²) in [5, 5.41) is 2.82. The van der Waals surface area contributed by atoms with Gasteiger partial charge in [-0.2, -0.15) is 4.31 Å². The molecule has 0 bridgehead atoms. The van der Waals surface area contributed by atoms with Gasteiger partial charge in [0.15, 0.2) is 0 Å². The molecule has 162 valence electrons. The lowest BCUT2D eigenvalue weighted by atomic mass is 9.97. The largest absolute Gasteiger partial charge is 0.497 e. The van der Waals surface area contributed by atoms with Gasteiger partial charge in [0.05, 0.1) is 13.7 Å². The number of carbonyl (C=O) groups excluding carboxylic acids is 1. The summed E-state index contributed by atoms with van der Waals surface area (Å²) in [5.41, 5.74) is 0. The van der Waals surface area contributed by atoms with Crippen molar-refractivity contribution < 1.29 is 27.1 Å². The molecule has 1 fully saturated rings. The van der Waals surface area contributed by atoms with E-state index in [1.54, 1.807) is 31.4 Å². The number of nitrogens with one attached hydrogen (secondary N) is 1. The molecule has 0 spiro atoms. The minimum Gasteiger partial charge on any atom is -0.497 e. The Morgan fingerprint density at radius 1 is 1.10 bits per heavy atom. The zero-order valence-electron chi connectivity index (χ0n) is 16.7. The highest BCUT2D eigenvalue weighted by molar-refractivity contribution is 7.89. The first-order valence-electron chi connectivity index (χ1n) is 9.71. The standard InChI is InChI=1S/C21H25FN2O5S/c1-28-17-6-8-18(9-7-17)29-15-12-23-21(25)16-10-13-24(14-11-16)30(26,27)20-5-3-2-4-19(20)22/h2-9,16H,10-15H2,1H3,(H,23,25). The minimum atomic E-state index is -3.90. The lowest BCUT2D eigenvalue weighted by molar-refractivity contribution is -0.126. The molecule has 1 aliphatic heterocycles. The van der Waals surface area contributed by atoms with E-state index in [-0.39, 0.29) is 29.8 Å². The molecule has 0 radical (unpaired) electrons. The van der Waals surface area contributed by atoms with E-state index in [1.165, 1.54) is 22.5 Å². The SMILES string of the molecule is COc1ccc(OCCNC(=O)C2CCN(S(=O)(=O)c3ccccc3F)CC2)cc1. The Bertz CT molecular complexity index is 958. The predicted molar refractivity (Wildman–Crippen MR) is 109 cm³/mol. The number of hydrogen-bond acceptors (Lipinski definition) is 5. The van der Waals surface area contributed by atoms with Crippen LogP contribution in [0.5, 0.6) is 11.5 Å². The lowest BCUT2D eigenvalue weighted by Crippen LogP contribution is -2.43. The van der Waals surface area contributed by atoms with Gasteiger partial charge in [-0.3, -0.25) is 4.79 Å². The van der Waals surface area contributed by atoms with Gasteiger partial charge >= 0.3 is 0 Å². The Morgan fingerprint density at radius 3 is 2.37 bits per heavy atom. The van der Waals surface area contributed by atoms with Gasteiger partial charge in [-0.15, -0.1) is 0 Å². The van der Waals surface area contributed by atoms with Crippen LogP contribution in [-0.4, -0.2) is 52.0 Å². The van der Waals surface area contributed by atoms with E-state index in [9.17, 15) is 17.6 Å². The van der Waals surface area contributed by atoms with Crippen molar-refractivity contribution in [2.45, 2.75) is 17.7 Å². The summed E-state index contributed by atoms with van der Waals surface area (Å²) in [6, 6.07) is 12.5. The molecule has 0 aliphatic carbocycles. The normalized spacial score (nSPS) is 15.5. The number of piperidine rings is 1. The topological polar surface area (TPSA) is 84.9 Å². The number of carbonyl (C=O) groups is 1. The van der Waals surface area contributed by atoms with Crippen LogP contribution >= 0.6 is 0 Å². The van der Waals surface area contributed by atoms with Gasteiger partial charge in [0.25, 0.3) is 0 Å². The van der Waals surface area contributed by atoms with Crippen LogP contribution in [0.3, 0.4) is 0 Å². The van der Waals surface area contributed by atoms with Crippen LogP contribution in [-0.2, 0) is 14.8 Å². The van der Waals surface area contributed by atoms with Crippen LogP contribution in [0.25, 0.3) is 0 Å². The zero-order valence-corrected chi connectivity index (χ0v) is 17.5. The van der Waals surface area contributed by atoms with E-state index >= 15 is 0 Å². The highest BCUT2D eigenvalue weighted by Gasteiger charge is 2.33. The van der Waals surface area contributed by atoms with Crippen molar-refractivity contribution in [3.05, 3.63) is 54.3 Å². The zero-order chi connectivity index (χ0) is 21.6. The van der Waals surface area contributed by atoms with E-state index in [0.717, 1.165) is 11.8 Å². The van der Waals surface area contributed by atoms with Gasteiger partial charge in [0.1, 0.15) is 28.8 Å². The molecule has 1 heterocycles. The van der Waals surface area contributed by atoms with Crippen molar-refractivity contribution in [3.63, 3.8) is 0 Å². The fourth-order valence-electron chi connectivity index (χ4n) is 3.31. The predicted octanol–water partition coefficient (Wildman–Crippen LogP) is 2.43. The summed E-state index contributed by atoms with van der Waals surface area (Å²) >= 11 is 0. The van der Waals surface area contributed by atoms with Gasteiger partial charge in [-0.25, -0.2) is 12.8 Å². The average molecular weight is 437 g/mol. The molecule has 7 nitrogen and oxygen atoms in total. The highest BCUT2D eigenvalue weighted by atomic mass is 32.2. The molecule has 3 rings (SSSR count). The van der Waals surface area contributed by atoms with Crippen molar-refractivity contribution in [3.8, 4) is 11.5 Å². The summed E-state index contributed by atoms with van der Waals surface area (Å²) in [5.74, 6) is 0.235. The molecule has 1 aliphatic rings. The molecule has 2 aromatic rings. The maximum Gasteiger partial charge on any atom is 0.245 e. The molecule has 1 amide bonds. The number of halogens is 1. The monoisotopic (exact) mass is 436 g/mol. The maximum atomic E-state index is 13.9. The Hall–Kier alpha value is -2.65. The van der Waals surface area contributed by atoms with Crippen molar-refractivity contribution in [2.75, 3.05) is 33.4 Å². The number of sulfonamides is 1. The molecule has 1 N–H and O–H groups in total. The molecule has 0 unspecified atom stereocenters. The number of nitrogens with zero attached hydrogens (tertiary/aromatic N) is 1. The Balaban J connectivity index is 1.43. The van der Waals surface area contributed by atoms with E-state index < -0.39 is 15.8 Å². The van der Waals surface area contributed by atoms with Crippen molar-refractivity contribution in [2.24, 2.45) is 5.92 Å². The van der Waals surface area contributed by atoms with Gasteiger partial charge in [-0.1, -0.05) is 12.1 Å². The number of amides is 1. The van der Waals surface area contributed by atoms with Gasteiger partial charge in [-0.05, 0) is 49.2 Å². The minimum absolute atomic E-state index is 0.128. The first-order valence-corrected chi connectivity index (χ1v) is 11.1. The van der Waals surface area contributed by atoms with E-state index in [2.05, 4.69) is 5.32 Å². The Morgan fingerprint density at radius 2 is 1.73 bits per heavy atom. The molecule has 1 saturated heterocycles. The van der Waals surface area contributed by atoms with Crippen LogP contribution in [0.1, 0.15) is 12.8 Å². The number of methoxy groups -OCH3 is 1. The van der Waals surface area contributed by atoms with Crippen LogP contribution in [0, 0.1) is 11.7 Å². The van der Waals surface area contributed by atoms with Gasteiger partial charge in [0.2, 0.25) is 15.9 Å². The third-order valence-corrected chi connectivity index (χ3v) is 6.94. The van der Waals surface area contributed by atoms with Gasteiger partial charge in [0, 0.05) is 19.0 Å². The molecule has 0 saturated carbocycles. The lowest BCUT2D eigenvalue weighted by Gasteiger charge is -2.30. The maximum absolute atomic E-state index is 13.9. The van der Waals surface area contributed by atoms with Crippen LogP contribution < -0.4 is 14.8 Å². The second-order valence-corrected chi connectivity index (χ2v) is 8.83. The summed E-state index contributed by atoms with van der Waals surface area (Å²) in [4.78, 5) is 12.0. The van der Waals surface area contributed by atoms with Gasteiger partial charge < -0.3 is 14.8 Å². The molecular formula is C21H25FN2O5S. The van der Waals surface area contributed by atoms with Crippen LogP contribution in [0.2, 0.25) is 0 Å². The molecule has 0 aromatic heterocycles. The summed E-state index contributed by atoms with van der Waals surface area (Å²) in [6.45, 7) is 1.02. The third-order valence-electron chi connectivity index (χ3n) is 5.01. The van der Waals surface area contributed by atoms with Crippen LogP contribution in [0.15, 0.2) is 53.4 Å². The molecule has 2 aromatic carbocycles. The fraction of sp³-hybridized carbons (Fsp3) is 0.381.